The third-order valence-corrected chi connectivity index (χ3v) is 6.59. The first-order valence-electron chi connectivity index (χ1n) is 6.38. The van der Waals surface area contributed by atoms with Gasteiger partial charge in [0.15, 0.2) is 0 Å². The Bertz CT molecular complexity index is 634. The molecule has 2 rings (SSSR count). The average molecular weight is 386 g/mol. The first kappa shape index (κ1) is 16.8. The van der Waals surface area contributed by atoms with Crippen LogP contribution in [0.3, 0.4) is 0 Å². The van der Waals surface area contributed by atoms with E-state index in [0.29, 0.717) is 18.2 Å². The topological polar surface area (TPSA) is 46.2 Å². The van der Waals surface area contributed by atoms with Crippen molar-refractivity contribution in [2.45, 2.75) is 42.8 Å². The Hall–Kier alpha value is -0.600. The minimum Gasteiger partial charge on any atom is -0.207 e. The molecule has 0 radical (unpaired) electrons. The second kappa shape index (κ2) is 5.55. The van der Waals surface area contributed by atoms with Crippen LogP contribution >= 0.6 is 15.9 Å². The number of rotatable bonds is 4. The largest absolute Gasteiger partial charge is 0.416 e. The van der Waals surface area contributed by atoms with Crippen molar-refractivity contribution in [1.29, 1.82) is 0 Å². The fourth-order valence-electron chi connectivity index (χ4n) is 2.42. The zero-order valence-corrected chi connectivity index (χ0v) is 13.7. The maximum atomic E-state index is 12.9. The van der Waals surface area contributed by atoms with Crippen LogP contribution in [0.2, 0.25) is 0 Å². The van der Waals surface area contributed by atoms with Crippen molar-refractivity contribution in [3.63, 3.8) is 0 Å². The van der Waals surface area contributed by atoms with E-state index in [1.165, 1.54) is 13.0 Å². The normalized spacial score (nSPS) is 18.3. The second-order valence-corrected chi connectivity index (χ2v) is 7.51. The molecule has 8 heteroatoms. The molecule has 0 aliphatic heterocycles. The van der Waals surface area contributed by atoms with E-state index in [0.717, 1.165) is 18.6 Å². The highest BCUT2D eigenvalue weighted by Gasteiger charge is 2.41. The molecule has 3 nitrogen and oxygen atoms in total. The molecular weight excluding hydrogens is 371 g/mol. The third-order valence-electron chi connectivity index (χ3n) is 3.80. The van der Waals surface area contributed by atoms with Gasteiger partial charge < -0.3 is 0 Å². The molecule has 1 aliphatic rings. The minimum absolute atomic E-state index is 0.276. The molecule has 0 saturated heterocycles. The molecule has 0 spiro atoms. The van der Waals surface area contributed by atoms with Crippen LogP contribution in [0.15, 0.2) is 23.1 Å². The summed E-state index contributed by atoms with van der Waals surface area (Å²) >= 11 is 3.27. The SMILES string of the molecule is Cc1c(C(F)(F)F)cccc1S(=O)(=O)NC1(CBr)CCC1. The molecule has 21 heavy (non-hydrogen) atoms. The van der Waals surface area contributed by atoms with Crippen LogP contribution in [0.25, 0.3) is 0 Å². The van der Waals surface area contributed by atoms with Gasteiger partial charge in [0.25, 0.3) is 0 Å². The van der Waals surface area contributed by atoms with Gasteiger partial charge in [0.1, 0.15) is 0 Å². The van der Waals surface area contributed by atoms with E-state index < -0.39 is 27.3 Å². The molecule has 0 amide bonds. The maximum Gasteiger partial charge on any atom is 0.416 e. The Kier molecular flexibility index (Phi) is 4.43. The van der Waals surface area contributed by atoms with E-state index in [4.69, 9.17) is 0 Å². The van der Waals surface area contributed by atoms with Crippen molar-refractivity contribution in [3.8, 4) is 0 Å². The van der Waals surface area contributed by atoms with E-state index in [9.17, 15) is 21.6 Å². The first-order chi connectivity index (χ1) is 9.61. The van der Waals surface area contributed by atoms with Crippen LogP contribution < -0.4 is 4.72 Å². The van der Waals surface area contributed by atoms with Gasteiger partial charge in [-0.15, -0.1) is 0 Å². The summed E-state index contributed by atoms with van der Waals surface area (Å²) in [6, 6.07) is 3.21. The number of hydrogen-bond acceptors (Lipinski definition) is 2. The lowest BCUT2D eigenvalue weighted by Crippen LogP contribution is -2.54. The summed E-state index contributed by atoms with van der Waals surface area (Å²) in [6.07, 6.45) is -2.32. The van der Waals surface area contributed by atoms with E-state index in [1.807, 2.05) is 0 Å². The number of benzene rings is 1. The Balaban J connectivity index is 2.42. The van der Waals surface area contributed by atoms with E-state index >= 15 is 0 Å². The number of halogens is 4. The average Bonchev–Trinajstić information content (AvgIpc) is 2.32. The molecule has 1 aromatic rings. The van der Waals surface area contributed by atoms with Crippen LogP contribution in [-0.2, 0) is 16.2 Å². The molecule has 0 heterocycles. The summed E-state index contributed by atoms with van der Waals surface area (Å²) < 4.78 is 66.0. The fourth-order valence-corrected chi connectivity index (χ4v) is 5.03. The molecule has 1 aromatic carbocycles. The highest BCUT2D eigenvalue weighted by Crippen LogP contribution is 2.37. The van der Waals surface area contributed by atoms with Gasteiger partial charge in [-0.1, -0.05) is 22.0 Å². The quantitative estimate of drug-likeness (QED) is 0.804. The monoisotopic (exact) mass is 385 g/mol. The zero-order chi connectivity index (χ0) is 15.9. The lowest BCUT2D eigenvalue weighted by Gasteiger charge is -2.40. The highest BCUT2D eigenvalue weighted by molar-refractivity contribution is 9.09. The smallest absolute Gasteiger partial charge is 0.207 e. The van der Waals surface area contributed by atoms with E-state index in [-0.39, 0.29) is 10.5 Å². The summed E-state index contributed by atoms with van der Waals surface area (Å²) in [5.74, 6) is 0. The van der Waals surface area contributed by atoms with Gasteiger partial charge in [-0.2, -0.15) is 13.2 Å². The van der Waals surface area contributed by atoms with Gasteiger partial charge in [0, 0.05) is 10.9 Å². The fraction of sp³-hybridized carbons (Fsp3) is 0.538. The van der Waals surface area contributed by atoms with E-state index in [2.05, 4.69) is 20.7 Å². The van der Waals surface area contributed by atoms with Gasteiger partial charge in [0.2, 0.25) is 10.0 Å². The minimum atomic E-state index is -4.57. The van der Waals surface area contributed by atoms with E-state index in [1.54, 1.807) is 0 Å². The van der Waals surface area contributed by atoms with Crippen LogP contribution in [0.4, 0.5) is 13.2 Å². The van der Waals surface area contributed by atoms with Gasteiger partial charge in [-0.3, -0.25) is 0 Å². The van der Waals surface area contributed by atoms with Gasteiger partial charge in [0.05, 0.1) is 10.5 Å². The molecule has 1 aliphatic carbocycles. The third kappa shape index (κ3) is 3.27. The summed E-state index contributed by atoms with van der Waals surface area (Å²) in [6.45, 7) is 1.18. The van der Waals surface area contributed by atoms with Crippen molar-refractivity contribution < 1.29 is 21.6 Å². The van der Waals surface area contributed by atoms with Crippen molar-refractivity contribution in [2.75, 3.05) is 5.33 Å². The molecule has 0 aromatic heterocycles. The number of nitrogens with one attached hydrogen (secondary N) is 1. The molecule has 118 valence electrons. The Morgan fingerprint density at radius 3 is 2.38 bits per heavy atom. The lowest BCUT2D eigenvalue weighted by atomic mass is 9.80. The van der Waals surface area contributed by atoms with Crippen LogP contribution in [0.5, 0.6) is 0 Å². The molecule has 0 unspecified atom stereocenters. The van der Waals surface area contributed by atoms with Crippen LogP contribution in [0, 0.1) is 6.92 Å². The summed E-state index contributed by atoms with van der Waals surface area (Å²) in [5.41, 5.74) is -1.78. The number of alkyl halides is 4. The van der Waals surface area contributed by atoms with Crippen molar-refractivity contribution in [2.24, 2.45) is 0 Å². The van der Waals surface area contributed by atoms with Crippen LogP contribution in [0.1, 0.15) is 30.4 Å². The molecule has 0 atom stereocenters. The summed E-state index contributed by atoms with van der Waals surface area (Å²) in [5, 5.41) is 0.442. The first-order valence-corrected chi connectivity index (χ1v) is 8.99. The van der Waals surface area contributed by atoms with Gasteiger partial charge >= 0.3 is 6.18 Å². The molecule has 1 fully saturated rings. The molecule has 1 saturated carbocycles. The van der Waals surface area contributed by atoms with Gasteiger partial charge in [-0.25, -0.2) is 13.1 Å². The summed E-state index contributed by atoms with van der Waals surface area (Å²) in [4.78, 5) is -0.315. The summed E-state index contributed by atoms with van der Waals surface area (Å²) in [7, 11) is -3.98. The number of hydrogen-bond donors (Lipinski definition) is 1. The maximum absolute atomic E-state index is 12.9. The Morgan fingerprint density at radius 2 is 1.95 bits per heavy atom. The zero-order valence-electron chi connectivity index (χ0n) is 11.3. The highest BCUT2D eigenvalue weighted by atomic mass is 79.9. The molecule has 0 bridgehead atoms. The molecular formula is C13H15BrF3NO2S. The predicted molar refractivity (Wildman–Crippen MR) is 76.9 cm³/mol. The standard InChI is InChI=1S/C13H15BrF3NO2S/c1-9-10(13(15,16)17)4-2-5-11(9)21(19,20)18-12(8-14)6-3-7-12/h2,4-5,18H,3,6-8H2,1H3. The van der Waals surface area contributed by atoms with Crippen molar-refractivity contribution in [1.82, 2.24) is 4.72 Å². The van der Waals surface area contributed by atoms with Crippen molar-refractivity contribution >= 4 is 26.0 Å². The Morgan fingerprint density at radius 1 is 1.33 bits per heavy atom. The number of sulfonamides is 1. The lowest BCUT2D eigenvalue weighted by molar-refractivity contribution is -0.138. The second-order valence-electron chi connectivity index (χ2n) is 5.30. The van der Waals surface area contributed by atoms with Crippen LogP contribution in [-0.4, -0.2) is 19.3 Å². The Labute approximate surface area is 130 Å². The predicted octanol–water partition coefficient (Wildman–Crippen LogP) is 3.61. The molecule has 1 N–H and O–H groups in total. The van der Waals surface area contributed by atoms with Crippen molar-refractivity contribution in [3.05, 3.63) is 29.3 Å². The van der Waals surface area contributed by atoms with Gasteiger partial charge in [-0.05, 0) is 43.9 Å².